The highest BCUT2D eigenvalue weighted by molar-refractivity contribution is 6.31. The first-order chi connectivity index (χ1) is 13.5. The Morgan fingerprint density at radius 3 is 2.50 bits per heavy atom. The molecule has 3 rings (SSSR count). The maximum Gasteiger partial charge on any atom is 0.241 e. The maximum absolute atomic E-state index is 12.8. The van der Waals surface area contributed by atoms with E-state index in [1.807, 2.05) is 26.0 Å². The minimum absolute atomic E-state index is 0.0310. The normalized spacial score (nSPS) is 16.6. The number of amides is 1. The van der Waals surface area contributed by atoms with Gasteiger partial charge in [0.05, 0.1) is 18.8 Å². The third-order valence-corrected chi connectivity index (χ3v) is 5.73. The van der Waals surface area contributed by atoms with Crippen LogP contribution in [0, 0.1) is 6.92 Å². The molecular formula is C22H28ClN3O2. The van der Waals surface area contributed by atoms with Crippen molar-refractivity contribution in [3.63, 3.8) is 0 Å². The number of rotatable bonds is 6. The van der Waals surface area contributed by atoms with E-state index in [0.717, 1.165) is 38.3 Å². The predicted octanol–water partition coefficient (Wildman–Crippen LogP) is 3.80. The second kappa shape index (κ2) is 9.41. The molecule has 1 aliphatic rings. The number of benzene rings is 2. The highest BCUT2D eigenvalue weighted by Gasteiger charge is 2.26. The zero-order chi connectivity index (χ0) is 20.1. The summed E-state index contributed by atoms with van der Waals surface area (Å²) in [7, 11) is 1.58. The first-order valence-electron chi connectivity index (χ1n) is 9.63. The second-order valence-corrected chi connectivity index (χ2v) is 7.67. The Labute approximate surface area is 172 Å². The molecule has 0 saturated carbocycles. The van der Waals surface area contributed by atoms with Gasteiger partial charge < -0.3 is 10.1 Å². The van der Waals surface area contributed by atoms with Crippen LogP contribution in [0.15, 0.2) is 42.5 Å². The van der Waals surface area contributed by atoms with E-state index in [-0.39, 0.29) is 11.9 Å². The third-order valence-electron chi connectivity index (χ3n) is 5.32. The van der Waals surface area contributed by atoms with Crippen LogP contribution in [0.25, 0.3) is 0 Å². The highest BCUT2D eigenvalue weighted by atomic mass is 35.5. The number of nitrogens with zero attached hydrogens (tertiary/aromatic N) is 2. The van der Waals surface area contributed by atoms with Crippen LogP contribution in [0.3, 0.4) is 0 Å². The number of nitrogens with one attached hydrogen (secondary N) is 1. The summed E-state index contributed by atoms with van der Waals surface area (Å²) in [4.78, 5) is 17.5. The van der Waals surface area contributed by atoms with Gasteiger partial charge in [0.1, 0.15) is 5.75 Å². The molecule has 150 valence electrons. The van der Waals surface area contributed by atoms with Crippen molar-refractivity contribution in [3.8, 4) is 5.75 Å². The zero-order valence-electron chi connectivity index (χ0n) is 16.7. The fraction of sp³-hybridized carbons (Fsp3) is 0.409. The SMILES string of the molecule is COc1cc(Cl)c(C)cc1NC(=O)[C@@H](C)N1CCN(Cc2ccccc2)CC1. The van der Waals surface area contributed by atoms with Crippen molar-refractivity contribution >= 4 is 23.2 Å². The lowest BCUT2D eigenvalue weighted by molar-refractivity contribution is -0.121. The molecule has 28 heavy (non-hydrogen) atoms. The van der Waals surface area contributed by atoms with Crippen molar-refractivity contribution in [1.82, 2.24) is 9.80 Å². The highest BCUT2D eigenvalue weighted by Crippen LogP contribution is 2.31. The molecular weight excluding hydrogens is 374 g/mol. The molecule has 2 aromatic carbocycles. The molecule has 0 bridgehead atoms. The quantitative estimate of drug-likeness (QED) is 0.799. The van der Waals surface area contributed by atoms with Gasteiger partial charge in [-0.25, -0.2) is 0 Å². The molecule has 1 fully saturated rings. The van der Waals surface area contributed by atoms with Crippen molar-refractivity contribution in [2.75, 3.05) is 38.6 Å². The van der Waals surface area contributed by atoms with Crippen LogP contribution in [0.2, 0.25) is 5.02 Å². The molecule has 1 amide bonds. The lowest BCUT2D eigenvalue weighted by Crippen LogP contribution is -2.52. The number of hydrogen-bond donors (Lipinski definition) is 1. The molecule has 0 aromatic heterocycles. The van der Waals surface area contributed by atoms with Crippen molar-refractivity contribution in [2.24, 2.45) is 0 Å². The Kier molecular flexibility index (Phi) is 6.94. The summed E-state index contributed by atoms with van der Waals surface area (Å²) in [6, 6.07) is 13.9. The van der Waals surface area contributed by atoms with E-state index in [1.54, 1.807) is 13.2 Å². The van der Waals surface area contributed by atoms with E-state index in [1.165, 1.54) is 5.56 Å². The smallest absolute Gasteiger partial charge is 0.241 e. The Morgan fingerprint density at radius 2 is 1.86 bits per heavy atom. The molecule has 1 N–H and O–H groups in total. The maximum atomic E-state index is 12.8. The van der Waals surface area contributed by atoms with E-state index in [9.17, 15) is 4.79 Å². The van der Waals surface area contributed by atoms with Crippen LogP contribution in [0.4, 0.5) is 5.69 Å². The van der Waals surface area contributed by atoms with E-state index in [4.69, 9.17) is 16.3 Å². The molecule has 1 heterocycles. The van der Waals surface area contributed by atoms with E-state index < -0.39 is 0 Å². The summed E-state index contributed by atoms with van der Waals surface area (Å²) in [6.07, 6.45) is 0. The van der Waals surface area contributed by atoms with Crippen molar-refractivity contribution < 1.29 is 9.53 Å². The van der Waals surface area contributed by atoms with Crippen LogP contribution in [0.1, 0.15) is 18.1 Å². The summed E-state index contributed by atoms with van der Waals surface area (Å²) in [6.45, 7) is 8.48. The number of halogens is 1. The summed E-state index contributed by atoms with van der Waals surface area (Å²) in [5, 5.41) is 3.62. The number of carbonyl (C=O) groups is 1. The van der Waals surface area contributed by atoms with Crippen LogP contribution in [0.5, 0.6) is 5.75 Å². The molecule has 1 saturated heterocycles. The van der Waals surface area contributed by atoms with Gasteiger partial charge in [-0.15, -0.1) is 0 Å². The summed E-state index contributed by atoms with van der Waals surface area (Å²) >= 11 is 6.15. The molecule has 5 nitrogen and oxygen atoms in total. The molecule has 1 aliphatic heterocycles. The monoisotopic (exact) mass is 401 g/mol. The predicted molar refractivity (Wildman–Crippen MR) is 114 cm³/mol. The van der Waals surface area contributed by atoms with Gasteiger partial charge in [-0.3, -0.25) is 14.6 Å². The Hall–Kier alpha value is -2.08. The number of ether oxygens (including phenoxy) is 1. The number of aryl methyl sites for hydroxylation is 1. The van der Waals surface area contributed by atoms with Gasteiger partial charge >= 0.3 is 0 Å². The lowest BCUT2D eigenvalue weighted by Gasteiger charge is -2.37. The third kappa shape index (κ3) is 5.04. The number of anilines is 1. The van der Waals surface area contributed by atoms with E-state index >= 15 is 0 Å². The second-order valence-electron chi connectivity index (χ2n) is 7.26. The van der Waals surface area contributed by atoms with Gasteiger partial charge in [0.15, 0.2) is 0 Å². The molecule has 0 unspecified atom stereocenters. The van der Waals surface area contributed by atoms with Crippen LogP contribution < -0.4 is 10.1 Å². The molecule has 1 atom stereocenters. The number of piperazine rings is 1. The van der Waals surface area contributed by atoms with Gasteiger partial charge in [-0.05, 0) is 31.0 Å². The van der Waals surface area contributed by atoms with Crippen LogP contribution in [-0.4, -0.2) is 55.0 Å². The summed E-state index contributed by atoms with van der Waals surface area (Å²) in [5.41, 5.74) is 2.89. The Bertz CT molecular complexity index is 805. The average molecular weight is 402 g/mol. The molecule has 0 aliphatic carbocycles. The number of methoxy groups -OCH3 is 1. The summed E-state index contributed by atoms with van der Waals surface area (Å²) < 4.78 is 5.36. The lowest BCUT2D eigenvalue weighted by atomic mass is 10.1. The van der Waals surface area contributed by atoms with Gasteiger partial charge in [0, 0.05) is 43.8 Å². The van der Waals surface area contributed by atoms with E-state index in [2.05, 4.69) is 39.4 Å². The largest absolute Gasteiger partial charge is 0.495 e. The van der Waals surface area contributed by atoms with Gasteiger partial charge in [-0.2, -0.15) is 0 Å². The minimum atomic E-state index is -0.209. The Morgan fingerprint density at radius 1 is 1.18 bits per heavy atom. The van der Waals surface area contributed by atoms with Crippen molar-refractivity contribution in [3.05, 3.63) is 58.6 Å². The molecule has 6 heteroatoms. The van der Waals surface area contributed by atoms with Gasteiger partial charge in [0.25, 0.3) is 0 Å². The van der Waals surface area contributed by atoms with Crippen molar-refractivity contribution in [2.45, 2.75) is 26.4 Å². The standard InChI is InChI=1S/C22H28ClN3O2/c1-16-13-20(21(28-3)14-19(16)23)24-22(27)17(2)26-11-9-25(10-12-26)15-18-7-5-4-6-8-18/h4-8,13-14,17H,9-12,15H2,1-3H3,(H,24,27)/t17-/m1/s1. The number of carbonyl (C=O) groups excluding carboxylic acids is 1. The van der Waals surface area contributed by atoms with Gasteiger partial charge in [0.2, 0.25) is 5.91 Å². The fourth-order valence-corrected chi connectivity index (χ4v) is 3.64. The summed E-state index contributed by atoms with van der Waals surface area (Å²) in [5.74, 6) is 0.542. The molecule has 2 aromatic rings. The fourth-order valence-electron chi connectivity index (χ4n) is 3.48. The van der Waals surface area contributed by atoms with Gasteiger partial charge in [-0.1, -0.05) is 41.9 Å². The Balaban J connectivity index is 1.55. The first-order valence-corrected chi connectivity index (χ1v) is 10.0. The van der Waals surface area contributed by atoms with E-state index in [0.29, 0.717) is 16.5 Å². The zero-order valence-corrected chi connectivity index (χ0v) is 17.5. The topological polar surface area (TPSA) is 44.8 Å². The van der Waals surface area contributed by atoms with Crippen LogP contribution in [-0.2, 0) is 11.3 Å². The molecule has 0 radical (unpaired) electrons. The van der Waals surface area contributed by atoms with Crippen LogP contribution >= 0.6 is 11.6 Å². The average Bonchev–Trinajstić information content (AvgIpc) is 2.71. The number of hydrogen-bond acceptors (Lipinski definition) is 4. The minimum Gasteiger partial charge on any atom is -0.495 e. The van der Waals surface area contributed by atoms with Crippen molar-refractivity contribution in [1.29, 1.82) is 0 Å². The first kappa shape index (κ1) is 20.6. The molecule has 0 spiro atoms.